The summed E-state index contributed by atoms with van der Waals surface area (Å²) in [6.07, 6.45) is 3.38. The summed E-state index contributed by atoms with van der Waals surface area (Å²) in [4.78, 5) is 24.5. The number of rotatable bonds is 6. The average Bonchev–Trinajstić information content (AvgIpc) is 3.09. The van der Waals surface area contributed by atoms with Gasteiger partial charge in [-0.15, -0.1) is 0 Å². The van der Waals surface area contributed by atoms with Gasteiger partial charge in [-0.2, -0.15) is 0 Å². The first-order chi connectivity index (χ1) is 13.5. The number of halogens is 1. The van der Waals surface area contributed by atoms with Gasteiger partial charge in [-0.3, -0.25) is 0 Å². The summed E-state index contributed by atoms with van der Waals surface area (Å²) in [6, 6.07) is 3.97. The molecule has 1 aliphatic carbocycles. The maximum atomic E-state index is 13.6. The number of carbonyl (C=O) groups excluding carboxylic acids is 2. The summed E-state index contributed by atoms with van der Waals surface area (Å²) in [6.45, 7) is 10.6. The van der Waals surface area contributed by atoms with Gasteiger partial charge in [0.05, 0.1) is 0 Å². The van der Waals surface area contributed by atoms with Gasteiger partial charge in [0.2, 0.25) is 0 Å². The maximum Gasteiger partial charge on any atom is 0.408 e. The van der Waals surface area contributed by atoms with Crippen molar-refractivity contribution in [2.24, 2.45) is 5.92 Å². The molecule has 0 bridgehead atoms. The lowest BCUT2D eigenvalue weighted by molar-refractivity contribution is -0.152. The Kier molecular flexibility index (Phi) is 7.66. The molecule has 1 N–H and O–H groups in total. The van der Waals surface area contributed by atoms with Gasteiger partial charge in [0.1, 0.15) is 23.6 Å². The van der Waals surface area contributed by atoms with Crippen LogP contribution in [0.1, 0.15) is 77.3 Å². The number of amides is 1. The number of esters is 1. The Morgan fingerprint density at radius 2 is 1.79 bits per heavy atom. The van der Waals surface area contributed by atoms with Gasteiger partial charge in [0, 0.05) is 5.92 Å². The summed E-state index contributed by atoms with van der Waals surface area (Å²) in [7, 11) is 0. The van der Waals surface area contributed by atoms with Gasteiger partial charge in [0.25, 0.3) is 0 Å². The highest BCUT2D eigenvalue weighted by molar-refractivity contribution is 5.81. The third-order valence-corrected chi connectivity index (χ3v) is 5.39. The van der Waals surface area contributed by atoms with E-state index in [1.54, 1.807) is 33.8 Å². The summed E-state index contributed by atoms with van der Waals surface area (Å²) < 4.78 is 24.6. The fourth-order valence-electron chi connectivity index (χ4n) is 4.12. The summed E-state index contributed by atoms with van der Waals surface area (Å²) in [5.41, 5.74) is 1.24. The molecule has 0 radical (unpaired) electrons. The van der Waals surface area contributed by atoms with E-state index < -0.39 is 29.8 Å². The molecular formula is C23H34FNO4. The third kappa shape index (κ3) is 6.72. The molecule has 0 spiro atoms. The topological polar surface area (TPSA) is 64.6 Å². The highest BCUT2D eigenvalue weighted by Gasteiger charge is 2.34. The number of hydrogen-bond donors (Lipinski definition) is 1. The number of nitrogens with one attached hydrogen (secondary N) is 1. The molecule has 5 nitrogen and oxygen atoms in total. The Bertz CT molecular complexity index is 722. The zero-order chi connectivity index (χ0) is 21.8. The lowest BCUT2D eigenvalue weighted by atomic mass is 9.79. The second-order valence-corrected chi connectivity index (χ2v) is 9.08. The monoisotopic (exact) mass is 407 g/mol. The Morgan fingerprint density at radius 1 is 1.17 bits per heavy atom. The molecule has 0 aromatic heterocycles. The van der Waals surface area contributed by atoms with Crippen LogP contribution in [0.4, 0.5) is 9.18 Å². The van der Waals surface area contributed by atoms with Crippen LogP contribution in [0.25, 0.3) is 0 Å². The van der Waals surface area contributed by atoms with E-state index in [0.717, 1.165) is 36.8 Å². The molecule has 0 heterocycles. The van der Waals surface area contributed by atoms with E-state index >= 15 is 0 Å². The highest BCUT2D eigenvalue weighted by Crippen LogP contribution is 2.41. The molecule has 0 aliphatic heterocycles. The second-order valence-electron chi connectivity index (χ2n) is 9.08. The zero-order valence-electron chi connectivity index (χ0n) is 18.4. The largest absolute Gasteiger partial charge is 0.460 e. The van der Waals surface area contributed by atoms with E-state index in [2.05, 4.69) is 5.32 Å². The van der Waals surface area contributed by atoms with Gasteiger partial charge in [-0.05, 0) is 83.6 Å². The van der Waals surface area contributed by atoms with E-state index in [1.165, 1.54) is 12.1 Å². The van der Waals surface area contributed by atoms with Crippen molar-refractivity contribution in [2.45, 2.75) is 90.9 Å². The van der Waals surface area contributed by atoms with Gasteiger partial charge in [0.15, 0.2) is 0 Å². The number of benzene rings is 1. The standard InChI is InChI=1S/C23H34FNO4/c1-14-13-18(24)11-12-19(14)20(17-9-7-8-10-17)16(3)28-21(26)15(2)25-22(27)29-23(4,5)6/h11-13,15-17,20H,7-10H2,1-6H3,(H,25,27)/t15-,16-,20+/m0/s1. The Labute approximate surface area is 173 Å². The normalized spacial score (nSPS) is 18.0. The quantitative estimate of drug-likeness (QED) is 0.654. The van der Waals surface area contributed by atoms with E-state index in [-0.39, 0.29) is 11.7 Å². The maximum absolute atomic E-state index is 13.6. The fraction of sp³-hybridized carbons (Fsp3) is 0.652. The molecule has 3 atom stereocenters. The van der Waals surface area contributed by atoms with Crippen LogP contribution >= 0.6 is 0 Å². The molecule has 1 aromatic rings. The number of alkyl carbamates (subject to hydrolysis) is 1. The first-order valence-electron chi connectivity index (χ1n) is 10.4. The van der Waals surface area contributed by atoms with E-state index in [0.29, 0.717) is 5.92 Å². The Morgan fingerprint density at radius 3 is 2.34 bits per heavy atom. The van der Waals surface area contributed by atoms with Gasteiger partial charge in [-0.25, -0.2) is 14.0 Å². The number of carbonyl (C=O) groups is 2. The van der Waals surface area contributed by atoms with E-state index in [1.807, 2.05) is 13.8 Å². The molecule has 1 amide bonds. The minimum absolute atomic E-state index is 0.00391. The van der Waals surface area contributed by atoms with Crippen LogP contribution in [0.2, 0.25) is 0 Å². The van der Waals surface area contributed by atoms with Crippen LogP contribution in [0, 0.1) is 18.7 Å². The van der Waals surface area contributed by atoms with E-state index in [9.17, 15) is 14.0 Å². The SMILES string of the molecule is Cc1cc(F)ccc1[C@@H](C1CCCC1)[C@H](C)OC(=O)[C@H](C)NC(=O)OC(C)(C)C. The number of aryl methyl sites for hydroxylation is 1. The molecule has 2 rings (SSSR count). The van der Waals surface area contributed by atoms with Crippen molar-refractivity contribution in [1.82, 2.24) is 5.32 Å². The summed E-state index contributed by atoms with van der Waals surface area (Å²) in [5, 5.41) is 2.52. The van der Waals surface area contributed by atoms with Crippen molar-refractivity contribution < 1.29 is 23.5 Å². The second kappa shape index (κ2) is 9.59. The van der Waals surface area contributed by atoms with Crippen molar-refractivity contribution in [2.75, 3.05) is 0 Å². The smallest absolute Gasteiger partial charge is 0.408 e. The van der Waals surface area contributed by atoms with Gasteiger partial charge >= 0.3 is 12.1 Å². The molecule has 1 aromatic carbocycles. The minimum atomic E-state index is -0.828. The minimum Gasteiger partial charge on any atom is -0.460 e. The zero-order valence-corrected chi connectivity index (χ0v) is 18.4. The summed E-state index contributed by atoms with van der Waals surface area (Å²) >= 11 is 0. The van der Waals surface area contributed by atoms with Crippen LogP contribution < -0.4 is 5.32 Å². The molecule has 0 saturated heterocycles. The van der Waals surface area contributed by atoms with Crippen molar-refractivity contribution in [1.29, 1.82) is 0 Å². The lowest BCUT2D eigenvalue weighted by Crippen LogP contribution is -2.43. The van der Waals surface area contributed by atoms with Crippen molar-refractivity contribution in [3.05, 3.63) is 35.1 Å². The van der Waals surface area contributed by atoms with Crippen LogP contribution in [0.15, 0.2) is 18.2 Å². The average molecular weight is 408 g/mol. The molecule has 1 saturated carbocycles. The van der Waals surface area contributed by atoms with Crippen molar-refractivity contribution in [3.63, 3.8) is 0 Å². The Balaban J connectivity index is 2.09. The fourth-order valence-corrected chi connectivity index (χ4v) is 4.12. The number of ether oxygens (including phenoxy) is 2. The molecule has 1 fully saturated rings. The molecule has 6 heteroatoms. The molecule has 1 aliphatic rings. The molecular weight excluding hydrogens is 373 g/mol. The predicted molar refractivity (Wildman–Crippen MR) is 110 cm³/mol. The van der Waals surface area contributed by atoms with Crippen LogP contribution in [0.5, 0.6) is 0 Å². The third-order valence-electron chi connectivity index (χ3n) is 5.39. The first kappa shape index (κ1) is 23.2. The van der Waals surface area contributed by atoms with Crippen LogP contribution in [0.3, 0.4) is 0 Å². The molecule has 162 valence electrons. The first-order valence-corrected chi connectivity index (χ1v) is 10.4. The van der Waals surface area contributed by atoms with E-state index in [4.69, 9.17) is 9.47 Å². The number of hydrogen-bond acceptors (Lipinski definition) is 4. The summed E-state index contributed by atoms with van der Waals surface area (Å²) in [5.74, 6) is -0.394. The van der Waals surface area contributed by atoms with Crippen LogP contribution in [-0.2, 0) is 14.3 Å². The Hall–Kier alpha value is -2.11. The van der Waals surface area contributed by atoms with Gasteiger partial charge in [-0.1, -0.05) is 18.9 Å². The van der Waals surface area contributed by atoms with Gasteiger partial charge < -0.3 is 14.8 Å². The lowest BCUT2D eigenvalue weighted by Gasteiger charge is -2.31. The van der Waals surface area contributed by atoms with Crippen LogP contribution in [-0.4, -0.2) is 29.8 Å². The highest BCUT2D eigenvalue weighted by atomic mass is 19.1. The molecule has 29 heavy (non-hydrogen) atoms. The van der Waals surface area contributed by atoms with Crippen molar-refractivity contribution in [3.8, 4) is 0 Å². The van der Waals surface area contributed by atoms with Crippen molar-refractivity contribution >= 4 is 12.1 Å². The predicted octanol–water partition coefficient (Wildman–Crippen LogP) is 5.25. The molecule has 0 unspecified atom stereocenters.